The van der Waals surface area contributed by atoms with Gasteiger partial charge in [-0.15, -0.1) is 11.3 Å². The highest BCUT2D eigenvalue weighted by Gasteiger charge is 2.18. The van der Waals surface area contributed by atoms with E-state index >= 15 is 0 Å². The average Bonchev–Trinajstić information content (AvgIpc) is 2.92. The fraction of sp³-hybridized carbons (Fsp3) is 0.286. The van der Waals surface area contributed by atoms with Gasteiger partial charge < -0.3 is 10.0 Å². The van der Waals surface area contributed by atoms with Crippen LogP contribution >= 0.6 is 27.3 Å². The van der Waals surface area contributed by atoms with E-state index in [0.717, 1.165) is 20.8 Å². The van der Waals surface area contributed by atoms with Gasteiger partial charge in [-0.05, 0) is 45.8 Å². The molecule has 0 spiro atoms. The van der Waals surface area contributed by atoms with E-state index in [-0.39, 0.29) is 10.8 Å². The zero-order valence-corrected chi connectivity index (χ0v) is 15.4. The topological polar surface area (TPSA) is 69.6 Å². The first kappa shape index (κ1) is 17.4. The number of halogens is 1. The Labute approximate surface area is 142 Å². The van der Waals surface area contributed by atoms with Crippen LogP contribution in [0.25, 0.3) is 0 Å². The molecule has 0 aliphatic heterocycles. The van der Waals surface area contributed by atoms with Crippen molar-refractivity contribution in [3.63, 3.8) is 0 Å². The molecule has 0 bridgehead atoms. The molecule has 0 saturated heterocycles. The Morgan fingerprint density at radius 3 is 2.36 bits per heavy atom. The molecule has 2 rings (SSSR count). The monoisotopic (exact) mass is 404 g/mol. The Morgan fingerprint density at radius 1 is 1.23 bits per heavy atom. The number of hydrogen-bond acceptors (Lipinski definition) is 5. The van der Waals surface area contributed by atoms with Crippen LogP contribution in [0.1, 0.15) is 11.7 Å². The third-order valence-electron chi connectivity index (χ3n) is 3.07. The molecule has 5 nitrogen and oxygen atoms in total. The number of nitrogens with zero attached hydrogens (tertiary/aromatic N) is 1. The molecule has 0 amide bonds. The van der Waals surface area contributed by atoms with Crippen LogP contribution < -0.4 is 9.62 Å². The SMILES string of the molecule is CN(C)c1ccc([C@@H](O)CNS(=O)(=O)c2ccc(Br)s2)cc1. The van der Waals surface area contributed by atoms with Crippen molar-refractivity contribution >= 4 is 43.0 Å². The Kier molecular flexibility index (Phi) is 5.62. The lowest BCUT2D eigenvalue weighted by Gasteiger charge is -2.15. The number of sulfonamides is 1. The number of rotatable bonds is 6. The minimum Gasteiger partial charge on any atom is -0.387 e. The summed E-state index contributed by atoms with van der Waals surface area (Å²) in [6.45, 7) is -0.0703. The highest BCUT2D eigenvalue weighted by molar-refractivity contribution is 9.11. The Balaban J connectivity index is 2.01. The summed E-state index contributed by atoms with van der Waals surface area (Å²) in [5.74, 6) is 0. The summed E-state index contributed by atoms with van der Waals surface area (Å²) >= 11 is 4.36. The Morgan fingerprint density at radius 2 is 1.86 bits per heavy atom. The predicted molar refractivity (Wildman–Crippen MR) is 92.9 cm³/mol. The van der Waals surface area contributed by atoms with Gasteiger partial charge in [0.05, 0.1) is 9.89 Å². The molecule has 0 unspecified atom stereocenters. The molecule has 0 aliphatic carbocycles. The lowest BCUT2D eigenvalue weighted by atomic mass is 10.1. The van der Waals surface area contributed by atoms with Crippen LogP contribution in [0.3, 0.4) is 0 Å². The molecule has 0 saturated carbocycles. The van der Waals surface area contributed by atoms with Crippen LogP contribution in [0, 0.1) is 0 Å². The predicted octanol–water partition coefficient (Wildman–Crippen LogP) is 2.59. The van der Waals surface area contributed by atoms with Crippen LogP contribution in [-0.2, 0) is 10.0 Å². The number of benzene rings is 1. The number of thiophene rings is 1. The Bertz CT molecular complexity index is 727. The standard InChI is InChI=1S/C14H17BrN2O3S2/c1-17(2)11-5-3-10(4-6-11)12(18)9-16-22(19,20)14-8-7-13(15)21-14/h3-8,12,16,18H,9H2,1-2H3/t12-/m0/s1. The summed E-state index contributed by atoms with van der Waals surface area (Å²) in [6, 6.07) is 10.5. The van der Waals surface area contributed by atoms with E-state index in [1.165, 1.54) is 6.07 Å². The quantitative estimate of drug-likeness (QED) is 0.775. The molecule has 2 N–H and O–H groups in total. The molecule has 8 heteroatoms. The van der Waals surface area contributed by atoms with Crippen LogP contribution in [0.15, 0.2) is 44.4 Å². The van der Waals surface area contributed by atoms with Crippen LogP contribution in [0.5, 0.6) is 0 Å². The minimum absolute atomic E-state index is 0.0703. The number of aliphatic hydroxyl groups excluding tert-OH is 1. The van der Waals surface area contributed by atoms with E-state index in [1.54, 1.807) is 18.2 Å². The average molecular weight is 405 g/mol. The molecule has 0 aliphatic rings. The first-order valence-electron chi connectivity index (χ1n) is 6.50. The normalized spacial score (nSPS) is 13.1. The maximum absolute atomic E-state index is 12.1. The molecule has 0 radical (unpaired) electrons. The fourth-order valence-electron chi connectivity index (χ4n) is 1.81. The summed E-state index contributed by atoms with van der Waals surface area (Å²) in [7, 11) is 0.265. The molecule has 22 heavy (non-hydrogen) atoms. The van der Waals surface area contributed by atoms with Crippen LogP contribution in [0.2, 0.25) is 0 Å². The van der Waals surface area contributed by atoms with Crippen molar-refractivity contribution < 1.29 is 13.5 Å². The molecular formula is C14H17BrN2O3S2. The number of hydrogen-bond donors (Lipinski definition) is 2. The highest BCUT2D eigenvalue weighted by Crippen LogP contribution is 2.26. The van der Waals surface area contributed by atoms with Crippen molar-refractivity contribution in [1.29, 1.82) is 0 Å². The molecular weight excluding hydrogens is 388 g/mol. The largest absolute Gasteiger partial charge is 0.387 e. The second-order valence-electron chi connectivity index (χ2n) is 4.91. The summed E-state index contributed by atoms with van der Waals surface area (Å²) < 4.78 is 27.6. The maximum atomic E-state index is 12.1. The Hall–Kier alpha value is -0.930. The van der Waals surface area contributed by atoms with E-state index in [0.29, 0.717) is 5.56 Å². The van der Waals surface area contributed by atoms with E-state index in [1.807, 2.05) is 31.1 Å². The number of anilines is 1. The highest BCUT2D eigenvalue weighted by atomic mass is 79.9. The van der Waals surface area contributed by atoms with Crippen molar-refractivity contribution in [2.75, 3.05) is 25.5 Å². The van der Waals surface area contributed by atoms with Gasteiger partial charge in [-0.1, -0.05) is 12.1 Å². The van der Waals surface area contributed by atoms with E-state index in [2.05, 4.69) is 20.7 Å². The van der Waals surface area contributed by atoms with Crippen molar-refractivity contribution in [2.24, 2.45) is 0 Å². The molecule has 1 heterocycles. The molecule has 120 valence electrons. The van der Waals surface area contributed by atoms with Gasteiger partial charge in [0.1, 0.15) is 4.21 Å². The zero-order valence-electron chi connectivity index (χ0n) is 12.2. The van der Waals surface area contributed by atoms with Crippen LogP contribution in [-0.4, -0.2) is 34.2 Å². The minimum atomic E-state index is -3.59. The zero-order chi connectivity index (χ0) is 16.3. The van der Waals surface area contributed by atoms with Gasteiger partial charge in [0.2, 0.25) is 10.0 Å². The van der Waals surface area contributed by atoms with E-state index in [9.17, 15) is 13.5 Å². The van der Waals surface area contributed by atoms with Gasteiger partial charge in [-0.3, -0.25) is 0 Å². The fourth-order valence-corrected chi connectivity index (χ4v) is 4.91. The van der Waals surface area contributed by atoms with Gasteiger partial charge in [-0.25, -0.2) is 13.1 Å². The van der Waals surface area contributed by atoms with Gasteiger partial charge in [0, 0.05) is 26.3 Å². The van der Waals surface area contributed by atoms with E-state index in [4.69, 9.17) is 0 Å². The first-order valence-corrected chi connectivity index (χ1v) is 9.59. The molecule has 1 aromatic carbocycles. The third-order valence-corrected chi connectivity index (χ3v) is 6.61. The summed E-state index contributed by atoms with van der Waals surface area (Å²) in [5.41, 5.74) is 1.68. The molecule has 1 atom stereocenters. The van der Waals surface area contributed by atoms with Crippen molar-refractivity contribution in [2.45, 2.75) is 10.3 Å². The van der Waals surface area contributed by atoms with Gasteiger partial charge >= 0.3 is 0 Å². The third kappa shape index (κ3) is 4.30. The van der Waals surface area contributed by atoms with Gasteiger partial charge in [0.25, 0.3) is 0 Å². The first-order chi connectivity index (χ1) is 10.3. The maximum Gasteiger partial charge on any atom is 0.250 e. The lowest BCUT2D eigenvalue weighted by molar-refractivity contribution is 0.182. The van der Waals surface area contributed by atoms with Crippen LogP contribution in [0.4, 0.5) is 5.69 Å². The van der Waals surface area contributed by atoms with Crippen molar-refractivity contribution in [3.05, 3.63) is 45.7 Å². The smallest absolute Gasteiger partial charge is 0.250 e. The van der Waals surface area contributed by atoms with Gasteiger partial charge in [-0.2, -0.15) is 0 Å². The summed E-state index contributed by atoms with van der Waals surface area (Å²) in [4.78, 5) is 1.95. The lowest BCUT2D eigenvalue weighted by Crippen LogP contribution is -2.28. The molecule has 0 fully saturated rings. The summed E-state index contributed by atoms with van der Waals surface area (Å²) in [5, 5.41) is 10.1. The molecule has 2 aromatic rings. The van der Waals surface area contributed by atoms with E-state index < -0.39 is 16.1 Å². The second kappa shape index (κ2) is 7.10. The number of nitrogens with one attached hydrogen (secondary N) is 1. The summed E-state index contributed by atoms with van der Waals surface area (Å²) in [6.07, 6.45) is -0.894. The van der Waals surface area contributed by atoms with Crippen molar-refractivity contribution in [1.82, 2.24) is 4.72 Å². The molecule has 1 aromatic heterocycles. The second-order valence-corrected chi connectivity index (χ2v) is 9.37. The van der Waals surface area contributed by atoms with Crippen molar-refractivity contribution in [3.8, 4) is 0 Å². The van der Waals surface area contributed by atoms with Gasteiger partial charge in [0.15, 0.2) is 0 Å². The number of aliphatic hydroxyl groups is 1.